The lowest BCUT2D eigenvalue weighted by Crippen LogP contribution is -2.61. The summed E-state index contributed by atoms with van der Waals surface area (Å²) in [6.07, 6.45) is 3.60. The van der Waals surface area contributed by atoms with E-state index in [1.54, 1.807) is 24.0 Å². The molecule has 4 rings (SSSR count). The Labute approximate surface area is 267 Å². The zero-order valence-electron chi connectivity index (χ0n) is 25.9. The Morgan fingerprint density at radius 2 is 1.93 bits per heavy atom. The third kappa shape index (κ3) is 6.23. The summed E-state index contributed by atoms with van der Waals surface area (Å²) < 4.78 is 12.1. The second-order valence-corrected chi connectivity index (χ2v) is 14.0. The number of nitrogens with one attached hydrogen (secondary N) is 1. The molecular weight excluding hydrogens is 630 g/mol. The summed E-state index contributed by atoms with van der Waals surface area (Å²) in [5, 5.41) is 13.2. The average molecular weight is 675 g/mol. The van der Waals surface area contributed by atoms with Gasteiger partial charge in [-0.25, -0.2) is 0 Å². The van der Waals surface area contributed by atoms with Gasteiger partial charge in [-0.15, -0.1) is 13.2 Å². The van der Waals surface area contributed by atoms with Crippen molar-refractivity contribution >= 4 is 39.6 Å². The number of fused-ring (bicyclic) bond motifs is 1. The monoisotopic (exact) mass is 673 g/mol. The number of hydrogen-bond donors (Lipinski definition) is 2. The first-order valence-electron chi connectivity index (χ1n) is 15.1. The predicted octanol–water partition coefficient (Wildman–Crippen LogP) is 3.30. The summed E-state index contributed by atoms with van der Waals surface area (Å²) in [6.45, 7) is 14.7. The van der Waals surface area contributed by atoms with Crippen LogP contribution in [0.15, 0.2) is 55.6 Å². The molecule has 2 N–H and O–H groups in total. The maximum Gasteiger partial charge on any atom is 0.306 e. The van der Waals surface area contributed by atoms with Gasteiger partial charge < -0.3 is 29.7 Å². The van der Waals surface area contributed by atoms with Crippen molar-refractivity contribution in [2.45, 2.75) is 87.2 Å². The third-order valence-corrected chi connectivity index (χ3v) is 9.72. The van der Waals surface area contributed by atoms with E-state index in [1.807, 2.05) is 51.1 Å². The number of carbonyl (C=O) groups excluding carboxylic acids is 4. The second kappa shape index (κ2) is 13.5. The highest BCUT2D eigenvalue weighted by Crippen LogP contribution is 2.60. The number of alkyl halides is 1. The van der Waals surface area contributed by atoms with Crippen LogP contribution in [0.25, 0.3) is 0 Å². The van der Waals surface area contributed by atoms with E-state index in [-0.39, 0.29) is 36.9 Å². The highest BCUT2D eigenvalue weighted by molar-refractivity contribution is 9.09. The smallest absolute Gasteiger partial charge is 0.306 e. The number of esters is 1. The Hall–Kier alpha value is -3.02. The fourth-order valence-electron chi connectivity index (χ4n) is 6.82. The molecule has 1 aromatic rings. The molecule has 240 valence electrons. The molecule has 3 fully saturated rings. The van der Waals surface area contributed by atoms with E-state index in [0.29, 0.717) is 12.8 Å². The van der Waals surface area contributed by atoms with Crippen molar-refractivity contribution in [2.75, 3.05) is 19.8 Å². The molecule has 3 amide bonds. The number of aliphatic hydroxyl groups is 1. The topological polar surface area (TPSA) is 125 Å². The van der Waals surface area contributed by atoms with Crippen molar-refractivity contribution in [1.29, 1.82) is 0 Å². The second-order valence-electron chi connectivity index (χ2n) is 12.8. The maximum absolute atomic E-state index is 14.4. The van der Waals surface area contributed by atoms with Gasteiger partial charge in [-0.1, -0.05) is 58.4 Å². The van der Waals surface area contributed by atoms with Gasteiger partial charge in [0, 0.05) is 23.3 Å². The Morgan fingerprint density at radius 1 is 1.25 bits per heavy atom. The normalized spacial score (nSPS) is 28.6. The summed E-state index contributed by atoms with van der Waals surface area (Å²) >= 11 is 3.70. The molecule has 1 spiro atoms. The lowest BCUT2D eigenvalue weighted by molar-refractivity contribution is -0.154. The first kappa shape index (κ1) is 33.9. The van der Waals surface area contributed by atoms with Crippen molar-refractivity contribution < 1.29 is 33.8 Å². The number of halogens is 1. The standard InChI is InChI=1S/C33H44BrN3O7/c1-7-9-15-24(39)43-19-23(21-13-11-10-12-14-21)35-29(40)25-26-30(41)37(20(3)18-38)28(33(26)17-22(34)27(25)44-33)31(42)36(16-8-2)32(4,5)6/h7-8,10-14,20,22-23,25-28,38H,1-2,9,15-19H2,3-6H3,(H,35,40)/t20-,22?,23-,25-,26+,27-,28-,33+/m1/s1. The molecular formula is C33H44BrN3O7. The zero-order chi connectivity index (χ0) is 32.4. The van der Waals surface area contributed by atoms with Gasteiger partial charge in [0.25, 0.3) is 0 Å². The maximum atomic E-state index is 14.4. The van der Waals surface area contributed by atoms with Gasteiger partial charge in [0.2, 0.25) is 17.7 Å². The minimum absolute atomic E-state index is 0.0949. The molecule has 3 saturated heterocycles. The molecule has 3 aliphatic heterocycles. The third-order valence-electron chi connectivity index (χ3n) is 8.87. The van der Waals surface area contributed by atoms with Gasteiger partial charge in [-0.3, -0.25) is 19.2 Å². The minimum Gasteiger partial charge on any atom is -0.463 e. The van der Waals surface area contributed by atoms with Gasteiger partial charge in [-0.2, -0.15) is 0 Å². The van der Waals surface area contributed by atoms with Crippen LogP contribution in [-0.2, 0) is 28.7 Å². The summed E-state index contributed by atoms with van der Waals surface area (Å²) in [5.74, 6) is -3.42. The van der Waals surface area contributed by atoms with Gasteiger partial charge >= 0.3 is 5.97 Å². The van der Waals surface area contributed by atoms with Crippen LogP contribution >= 0.6 is 15.9 Å². The van der Waals surface area contributed by atoms with Crippen LogP contribution in [0.5, 0.6) is 0 Å². The predicted molar refractivity (Wildman–Crippen MR) is 168 cm³/mol. The zero-order valence-corrected chi connectivity index (χ0v) is 27.5. The van der Waals surface area contributed by atoms with Crippen molar-refractivity contribution in [1.82, 2.24) is 15.1 Å². The minimum atomic E-state index is -1.28. The Morgan fingerprint density at radius 3 is 2.52 bits per heavy atom. The molecule has 0 aromatic heterocycles. The molecule has 44 heavy (non-hydrogen) atoms. The molecule has 10 nitrogen and oxygen atoms in total. The Kier molecular flexibility index (Phi) is 10.4. The van der Waals surface area contributed by atoms with Crippen molar-refractivity contribution in [3.8, 4) is 0 Å². The molecule has 0 saturated carbocycles. The van der Waals surface area contributed by atoms with Gasteiger partial charge in [-0.05, 0) is 46.1 Å². The lowest BCUT2D eigenvalue weighted by Gasteiger charge is -2.43. The van der Waals surface area contributed by atoms with E-state index in [4.69, 9.17) is 9.47 Å². The van der Waals surface area contributed by atoms with Crippen LogP contribution in [0.4, 0.5) is 0 Å². The Balaban J connectivity index is 1.69. The van der Waals surface area contributed by atoms with E-state index >= 15 is 0 Å². The van der Waals surface area contributed by atoms with Gasteiger partial charge in [0.05, 0.1) is 36.6 Å². The molecule has 1 unspecified atom stereocenters. The van der Waals surface area contributed by atoms with E-state index in [1.165, 1.54) is 4.90 Å². The van der Waals surface area contributed by atoms with Crippen LogP contribution in [0, 0.1) is 11.8 Å². The largest absolute Gasteiger partial charge is 0.463 e. The van der Waals surface area contributed by atoms with Crippen LogP contribution in [-0.4, -0.2) is 92.5 Å². The molecule has 3 aliphatic rings. The molecule has 3 heterocycles. The summed E-state index contributed by atoms with van der Waals surface area (Å²) in [7, 11) is 0. The van der Waals surface area contributed by atoms with Crippen LogP contribution < -0.4 is 5.32 Å². The van der Waals surface area contributed by atoms with Crippen LogP contribution in [0.1, 0.15) is 58.6 Å². The Bertz CT molecular complexity index is 1270. The number of amides is 3. The SMILES string of the molecule is C=CCCC(=O)OC[C@@H](NC(=O)[C@H]1[C@@H]2O[C@@]3(CC2Br)[C@@H]1C(=O)N([C@H](C)CO)[C@@H]3C(=O)N(CC=C)C(C)(C)C)c1ccccc1. The van der Waals surface area contributed by atoms with Crippen LogP contribution in [0.2, 0.25) is 0 Å². The van der Waals surface area contributed by atoms with Crippen LogP contribution in [0.3, 0.4) is 0 Å². The first-order valence-corrected chi connectivity index (χ1v) is 16.0. The highest BCUT2D eigenvalue weighted by Gasteiger charge is 2.77. The van der Waals surface area contributed by atoms with Crippen molar-refractivity contribution in [2.24, 2.45) is 11.8 Å². The van der Waals surface area contributed by atoms with Gasteiger partial charge in [0.15, 0.2) is 0 Å². The highest BCUT2D eigenvalue weighted by atomic mass is 79.9. The number of hydrogen-bond acceptors (Lipinski definition) is 7. The number of allylic oxidation sites excluding steroid dienone is 1. The number of likely N-dealkylation sites (tertiary alicyclic amines) is 1. The summed E-state index contributed by atoms with van der Waals surface area (Å²) in [6, 6.07) is 6.75. The fraction of sp³-hybridized carbons (Fsp3) is 0.576. The van der Waals surface area contributed by atoms with E-state index in [9.17, 15) is 24.3 Å². The summed E-state index contributed by atoms with van der Waals surface area (Å²) in [5.41, 5.74) is -1.13. The molecule has 0 radical (unpaired) electrons. The van der Waals surface area contributed by atoms with E-state index in [2.05, 4.69) is 34.4 Å². The summed E-state index contributed by atoms with van der Waals surface area (Å²) in [4.78, 5) is 58.0. The van der Waals surface area contributed by atoms with Gasteiger partial charge in [0.1, 0.15) is 18.2 Å². The number of rotatable bonds is 13. The quantitative estimate of drug-likeness (QED) is 0.187. The molecule has 1 aromatic carbocycles. The number of nitrogens with zero attached hydrogens (tertiary/aromatic N) is 2. The molecule has 2 bridgehead atoms. The van der Waals surface area contributed by atoms with E-state index < -0.39 is 65.0 Å². The number of benzene rings is 1. The average Bonchev–Trinajstić information content (AvgIpc) is 3.59. The number of aliphatic hydroxyl groups excluding tert-OH is 1. The molecule has 0 aliphatic carbocycles. The molecule has 8 atom stereocenters. The lowest BCUT2D eigenvalue weighted by atomic mass is 9.70. The number of ether oxygens (including phenoxy) is 2. The molecule has 11 heteroatoms. The number of carbonyl (C=O) groups is 4. The fourth-order valence-corrected chi connectivity index (χ4v) is 7.77. The van der Waals surface area contributed by atoms with Crippen molar-refractivity contribution in [3.05, 3.63) is 61.2 Å². The van der Waals surface area contributed by atoms with Crippen molar-refractivity contribution in [3.63, 3.8) is 0 Å². The first-order chi connectivity index (χ1) is 20.8. The van der Waals surface area contributed by atoms with E-state index in [0.717, 1.165) is 5.56 Å².